The molecular formula is C8H17NO2. The maximum atomic E-state index is 11.1. The molecule has 11 heavy (non-hydrogen) atoms. The Kier molecular flexibility index (Phi) is 2.87. The lowest BCUT2D eigenvalue weighted by Gasteiger charge is -2.35. The van der Waals surface area contributed by atoms with E-state index >= 15 is 0 Å². The molecule has 1 aliphatic carbocycles. The molecule has 0 unspecified atom stereocenters. The third-order valence-corrected chi connectivity index (χ3v) is 1.96. The lowest BCUT2D eigenvalue weighted by Crippen LogP contribution is -2.37. The summed E-state index contributed by atoms with van der Waals surface area (Å²) in [5, 5.41) is 11.1. The summed E-state index contributed by atoms with van der Waals surface area (Å²) in [6, 6.07) is 0. The zero-order valence-corrected chi connectivity index (χ0v) is 7.38. The highest BCUT2D eigenvalue weighted by Crippen LogP contribution is 2.21. The molecule has 3 heteroatoms. The van der Waals surface area contributed by atoms with Gasteiger partial charge in [0.05, 0.1) is 14.1 Å². The number of rotatable bonds is 2. The molecule has 0 N–H and O–H groups in total. The Labute approximate surface area is 68.1 Å². The minimum Gasteiger partial charge on any atom is -0.599 e. The summed E-state index contributed by atoms with van der Waals surface area (Å²) in [7, 11) is 3.04. The third-order valence-electron chi connectivity index (χ3n) is 1.96. The van der Waals surface area contributed by atoms with Crippen LogP contribution >= 0.6 is 0 Å². The van der Waals surface area contributed by atoms with Crippen molar-refractivity contribution in [2.75, 3.05) is 14.1 Å². The van der Waals surface area contributed by atoms with Gasteiger partial charge in [-0.3, -0.25) is 0 Å². The summed E-state index contributed by atoms with van der Waals surface area (Å²) in [6.45, 7) is 0. The lowest BCUT2D eigenvalue weighted by atomic mass is 9.98. The largest absolute Gasteiger partial charge is 0.599 e. The fourth-order valence-corrected chi connectivity index (χ4v) is 1.53. The molecule has 0 aromatic rings. The van der Waals surface area contributed by atoms with Crippen LogP contribution in [0.1, 0.15) is 32.1 Å². The second kappa shape index (κ2) is 3.52. The van der Waals surface area contributed by atoms with E-state index < -0.39 is 4.81 Å². The average Bonchev–Trinajstić information content (AvgIpc) is 1.85. The molecule has 1 aliphatic rings. The van der Waals surface area contributed by atoms with Gasteiger partial charge in [-0.15, -0.1) is 0 Å². The van der Waals surface area contributed by atoms with Crippen molar-refractivity contribution in [3.8, 4) is 0 Å². The summed E-state index contributed by atoms with van der Waals surface area (Å²) in [6.07, 6.45) is 6.05. The molecule has 0 atom stereocenters. The molecule has 0 radical (unpaired) electrons. The van der Waals surface area contributed by atoms with Crippen molar-refractivity contribution in [3.63, 3.8) is 0 Å². The Hall–Kier alpha value is -0.120. The first-order valence-corrected chi connectivity index (χ1v) is 4.31. The van der Waals surface area contributed by atoms with E-state index in [9.17, 15) is 5.21 Å². The van der Waals surface area contributed by atoms with E-state index in [1.165, 1.54) is 33.4 Å². The molecule has 66 valence electrons. The second-order valence-corrected chi connectivity index (χ2v) is 3.62. The zero-order chi connectivity index (χ0) is 8.32. The molecule has 1 saturated carbocycles. The minimum atomic E-state index is -0.606. The van der Waals surface area contributed by atoms with E-state index in [0.29, 0.717) is 0 Å². The smallest absolute Gasteiger partial charge is 0.117 e. The van der Waals surface area contributed by atoms with Crippen LogP contribution in [0.2, 0.25) is 0 Å². The molecule has 0 heterocycles. The SMILES string of the molecule is C[N+](C)([O-])OC1CCCCC1. The van der Waals surface area contributed by atoms with E-state index in [2.05, 4.69) is 0 Å². The minimum absolute atomic E-state index is 0.205. The predicted molar refractivity (Wildman–Crippen MR) is 43.4 cm³/mol. The molecule has 0 aromatic heterocycles. The van der Waals surface area contributed by atoms with Gasteiger partial charge in [0.1, 0.15) is 6.10 Å². The Morgan fingerprint density at radius 3 is 2.18 bits per heavy atom. The maximum absolute atomic E-state index is 11.1. The second-order valence-electron chi connectivity index (χ2n) is 3.62. The fourth-order valence-electron chi connectivity index (χ4n) is 1.53. The number of quaternary nitrogens is 1. The van der Waals surface area contributed by atoms with Gasteiger partial charge in [-0.2, -0.15) is 4.84 Å². The first-order valence-electron chi connectivity index (χ1n) is 4.31. The first kappa shape index (κ1) is 8.97. The quantitative estimate of drug-likeness (QED) is 0.454. The Morgan fingerprint density at radius 2 is 1.73 bits per heavy atom. The number of hydrogen-bond donors (Lipinski definition) is 0. The Balaban J connectivity index is 2.24. The van der Waals surface area contributed by atoms with Crippen LogP contribution in [0.5, 0.6) is 0 Å². The molecule has 3 nitrogen and oxygen atoms in total. The van der Waals surface area contributed by atoms with Gasteiger partial charge >= 0.3 is 0 Å². The molecule has 0 saturated heterocycles. The fraction of sp³-hybridized carbons (Fsp3) is 1.00. The Bertz CT molecular complexity index is 114. The van der Waals surface area contributed by atoms with E-state index in [0.717, 1.165) is 12.8 Å². The average molecular weight is 159 g/mol. The van der Waals surface area contributed by atoms with Crippen LogP contribution in [-0.4, -0.2) is 25.0 Å². The van der Waals surface area contributed by atoms with Crippen LogP contribution in [0.15, 0.2) is 0 Å². The van der Waals surface area contributed by atoms with Crippen LogP contribution in [-0.2, 0) is 4.84 Å². The topological polar surface area (TPSA) is 32.3 Å². The standard InChI is InChI=1S/C8H17NO2/c1-9(2,10)11-8-6-4-3-5-7-8/h8H,3-7H2,1-2H3. The number of nitrogens with zero attached hydrogens (tertiary/aromatic N) is 1. The van der Waals surface area contributed by atoms with Crippen molar-refractivity contribution in [1.29, 1.82) is 0 Å². The van der Waals surface area contributed by atoms with Crippen LogP contribution in [0.25, 0.3) is 0 Å². The third kappa shape index (κ3) is 3.70. The van der Waals surface area contributed by atoms with Crippen LogP contribution in [0.3, 0.4) is 0 Å². The van der Waals surface area contributed by atoms with Crippen molar-refractivity contribution in [3.05, 3.63) is 5.21 Å². The first-order chi connectivity index (χ1) is 5.08. The van der Waals surface area contributed by atoms with Gasteiger partial charge in [0.25, 0.3) is 0 Å². The summed E-state index contributed by atoms with van der Waals surface area (Å²) >= 11 is 0. The normalized spacial score (nSPS) is 22.1. The number of hydrogen-bond acceptors (Lipinski definition) is 2. The van der Waals surface area contributed by atoms with Crippen molar-refractivity contribution in [2.45, 2.75) is 38.2 Å². The van der Waals surface area contributed by atoms with E-state index in [4.69, 9.17) is 4.84 Å². The highest BCUT2D eigenvalue weighted by molar-refractivity contribution is 4.63. The zero-order valence-electron chi connectivity index (χ0n) is 7.38. The van der Waals surface area contributed by atoms with Gasteiger partial charge in [0.2, 0.25) is 0 Å². The van der Waals surface area contributed by atoms with Gasteiger partial charge in [0.15, 0.2) is 0 Å². The molecule has 1 rings (SSSR count). The van der Waals surface area contributed by atoms with Gasteiger partial charge in [-0.25, -0.2) is 4.81 Å². The molecule has 0 spiro atoms. The molecule has 0 aliphatic heterocycles. The lowest BCUT2D eigenvalue weighted by molar-refractivity contribution is -1.04. The molecule has 0 bridgehead atoms. The highest BCUT2D eigenvalue weighted by Gasteiger charge is 2.19. The van der Waals surface area contributed by atoms with Crippen molar-refractivity contribution >= 4 is 0 Å². The van der Waals surface area contributed by atoms with E-state index in [-0.39, 0.29) is 6.10 Å². The molecule has 1 fully saturated rings. The van der Waals surface area contributed by atoms with E-state index in [1.807, 2.05) is 0 Å². The van der Waals surface area contributed by atoms with Crippen molar-refractivity contribution < 1.29 is 9.65 Å². The van der Waals surface area contributed by atoms with Crippen molar-refractivity contribution in [2.24, 2.45) is 0 Å². The molecule has 0 amide bonds. The van der Waals surface area contributed by atoms with Gasteiger partial charge in [0, 0.05) is 0 Å². The van der Waals surface area contributed by atoms with Gasteiger partial charge < -0.3 is 5.21 Å². The predicted octanol–water partition coefficient (Wildman–Crippen LogP) is 1.82. The summed E-state index contributed by atoms with van der Waals surface area (Å²) in [5.41, 5.74) is 0. The Morgan fingerprint density at radius 1 is 1.18 bits per heavy atom. The van der Waals surface area contributed by atoms with Crippen molar-refractivity contribution in [1.82, 2.24) is 0 Å². The summed E-state index contributed by atoms with van der Waals surface area (Å²) < 4.78 is 0. The molecular weight excluding hydrogens is 142 g/mol. The summed E-state index contributed by atoms with van der Waals surface area (Å²) in [5.74, 6) is 0. The molecule has 0 aromatic carbocycles. The van der Waals surface area contributed by atoms with E-state index in [1.54, 1.807) is 0 Å². The highest BCUT2D eigenvalue weighted by atomic mass is 16.9. The van der Waals surface area contributed by atoms with Crippen LogP contribution in [0, 0.1) is 5.21 Å². The number of hydroxylamine groups is 4. The van der Waals surface area contributed by atoms with Gasteiger partial charge in [-0.05, 0) is 12.8 Å². The van der Waals surface area contributed by atoms with Gasteiger partial charge in [-0.1, -0.05) is 19.3 Å². The van der Waals surface area contributed by atoms with Crippen LogP contribution in [0.4, 0.5) is 0 Å². The summed E-state index contributed by atoms with van der Waals surface area (Å²) in [4.78, 5) is 4.65. The monoisotopic (exact) mass is 159 g/mol. The maximum Gasteiger partial charge on any atom is 0.117 e. The van der Waals surface area contributed by atoms with Crippen LogP contribution < -0.4 is 0 Å².